The molecule has 1 saturated carbocycles. The maximum atomic E-state index is 13.9. The van der Waals surface area contributed by atoms with Crippen molar-refractivity contribution in [3.05, 3.63) is 29.6 Å². The van der Waals surface area contributed by atoms with Crippen LogP contribution in [0.2, 0.25) is 0 Å². The molecule has 2 rings (SSSR count). The summed E-state index contributed by atoms with van der Waals surface area (Å²) in [5.41, 5.74) is 5.99. The van der Waals surface area contributed by atoms with Crippen LogP contribution in [0.1, 0.15) is 31.2 Å². The van der Waals surface area contributed by atoms with E-state index < -0.39 is 15.8 Å². The molecule has 0 radical (unpaired) electrons. The third-order valence-corrected chi connectivity index (χ3v) is 5.67. The minimum atomic E-state index is -3.76. The summed E-state index contributed by atoms with van der Waals surface area (Å²) in [6.45, 7) is 0.190. The number of halogens is 1. The van der Waals surface area contributed by atoms with Gasteiger partial charge in [-0.25, -0.2) is 12.8 Å². The van der Waals surface area contributed by atoms with E-state index in [2.05, 4.69) is 0 Å². The van der Waals surface area contributed by atoms with Crippen LogP contribution < -0.4 is 5.73 Å². The van der Waals surface area contributed by atoms with Gasteiger partial charge in [-0.1, -0.05) is 18.9 Å². The second-order valence-electron chi connectivity index (χ2n) is 4.93. The molecule has 0 aliphatic heterocycles. The van der Waals surface area contributed by atoms with Crippen molar-refractivity contribution in [3.63, 3.8) is 0 Å². The standard InChI is InChI=1S/C13H19FN2O2S/c1-16(11-4-2-3-5-11)19(17,18)13-7-6-10(9-15)8-12(13)14/h6-8,11H,2-5,9,15H2,1H3. The quantitative estimate of drug-likeness (QED) is 0.918. The predicted molar refractivity (Wildman–Crippen MR) is 71.5 cm³/mol. The first-order chi connectivity index (χ1) is 8.96. The molecule has 106 valence electrons. The van der Waals surface area contributed by atoms with Crippen molar-refractivity contribution in [1.82, 2.24) is 4.31 Å². The zero-order valence-electron chi connectivity index (χ0n) is 11.0. The fraction of sp³-hybridized carbons (Fsp3) is 0.538. The van der Waals surface area contributed by atoms with Gasteiger partial charge in [0.2, 0.25) is 10.0 Å². The average molecular weight is 286 g/mol. The van der Waals surface area contributed by atoms with Crippen LogP contribution in [0.15, 0.2) is 23.1 Å². The number of sulfonamides is 1. The minimum absolute atomic E-state index is 0.0152. The Bertz CT molecular complexity index is 554. The number of hydrogen-bond acceptors (Lipinski definition) is 3. The lowest BCUT2D eigenvalue weighted by molar-refractivity contribution is 0.370. The van der Waals surface area contributed by atoms with Gasteiger partial charge in [0.25, 0.3) is 0 Å². The average Bonchev–Trinajstić information content (AvgIpc) is 2.90. The van der Waals surface area contributed by atoms with Crippen molar-refractivity contribution in [1.29, 1.82) is 0 Å². The summed E-state index contributed by atoms with van der Waals surface area (Å²) < 4.78 is 40.0. The van der Waals surface area contributed by atoms with Gasteiger partial charge in [0, 0.05) is 19.6 Å². The highest BCUT2D eigenvalue weighted by Crippen LogP contribution is 2.28. The van der Waals surface area contributed by atoms with Gasteiger partial charge in [0.1, 0.15) is 10.7 Å². The summed E-state index contributed by atoms with van der Waals surface area (Å²) in [7, 11) is -2.23. The van der Waals surface area contributed by atoms with Gasteiger partial charge in [0.15, 0.2) is 0 Å². The van der Waals surface area contributed by atoms with E-state index in [1.54, 1.807) is 6.07 Å². The van der Waals surface area contributed by atoms with Crippen molar-refractivity contribution >= 4 is 10.0 Å². The molecule has 0 saturated heterocycles. The van der Waals surface area contributed by atoms with Gasteiger partial charge in [-0.3, -0.25) is 0 Å². The molecule has 0 bridgehead atoms. The highest BCUT2D eigenvalue weighted by atomic mass is 32.2. The van der Waals surface area contributed by atoms with Gasteiger partial charge in [0.05, 0.1) is 0 Å². The predicted octanol–water partition coefficient (Wildman–Crippen LogP) is 1.85. The normalized spacial score (nSPS) is 17.3. The van der Waals surface area contributed by atoms with Crippen LogP contribution >= 0.6 is 0 Å². The Morgan fingerprint density at radius 1 is 1.37 bits per heavy atom. The number of hydrogen-bond donors (Lipinski definition) is 1. The van der Waals surface area contributed by atoms with Gasteiger partial charge in [-0.15, -0.1) is 0 Å². The van der Waals surface area contributed by atoms with Crippen LogP contribution in [0.3, 0.4) is 0 Å². The van der Waals surface area contributed by atoms with Crippen LogP contribution in [-0.4, -0.2) is 25.8 Å². The molecule has 0 aromatic heterocycles. The Kier molecular flexibility index (Phi) is 4.23. The summed E-state index contributed by atoms with van der Waals surface area (Å²) in [6.07, 6.45) is 3.74. The number of benzene rings is 1. The number of nitrogens with zero attached hydrogens (tertiary/aromatic N) is 1. The van der Waals surface area contributed by atoms with Crippen molar-refractivity contribution in [2.45, 2.75) is 43.2 Å². The number of nitrogens with two attached hydrogens (primary N) is 1. The number of rotatable bonds is 4. The van der Waals surface area contributed by atoms with E-state index in [0.29, 0.717) is 5.56 Å². The first kappa shape index (κ1) is 14.4. The zero-order valence-corrected chi connectivity index (χ0v) is 11.8. The van der Waals surface area contributed by atoms with Crippen LogP contribution in [0.4, 0.5) is 4.39 Å². The highest BCUT2D eigenvalue weighted by molar-refractivity contribution is 7.89. The van der Waals surface area contributed by atoms with Crippen molar-refractivity contribution < 1.29 is 12.8 Å². The van der Waals surface area contributed by atoms with E-state index in [-0.39, 0.29) is 17.5 Å². The molecule has 1 fully saturated rings. The molecule has 0 atom stereocenters. The van der Waals surface area contributed by atoms with E-state index in [0.717, 1.165) is 25.7 Å². The molecule has 6 heteroatoms. The van der Waals surface area contributed by atoms with Gasteiger partial charge >= 0.3 is 0 Å². The van der Waals surface area contributed by atoms with Gasteiger partial charge < -0.3 is 5.73 Å². The largest absolute Gasteiger partial charge is 0.326 e. The molecule has 1 aromatic rings. The van der Waals surface area contributed by atoms with Crippen molar-refractivity contribution in [2.24, 2.45) is 5.73 Å². The SMILES string of the molecule is CN(C1CCCC1)S(=O)(=O)c1ccc(CN)cc1F. The van der Waals surface area contributed by atoms with Crippen LogP contribution in [0.5, 0.6) is 0 Å². The smallest absolute Gasteiger partial charge is 0.245 e. The van der Waals surface area contributed by atoms with Gasteiger partial charge in [-0.2, -0.15) is 4.31 Å². The Hall–Kier alpha value is -0.980. The maximum Gasteiger partial charge on any atom is 0.245 e. The molecule has 0 amide bonds. The summed E-state index contributed by atoms with van der Waals surface area (Å²) in [4.78, 5) is -0.265. The first-order valence-electron chi connectivity index (χ1n) is 6.43. The molecule has 0 unspecified atom stereocenters. The molecule has 1 aromatic carbocycles. The second kappa shape index (κ2) is 5.56. The molecule has 1 aliphatic carbocycles. The molecular formula is C13H19FN2O2S. The fourth-order valence-electron chi connectivity index (χ4n) is 2.50. The van der Waals surface area contributed by atoms with E-state index >= 15 is 0 Å². The van der Waals surface area contributed by atoms with Crippen molar-refractivity contribution in [3.8, 4) is 0 Å². The summed E-state index contributed by atoms with van der Waals surface area (Å²) in [6, 6.07) is 4.03. The third kappa shape index (κ3) is 2.80. The lowest BCUT2D eigenvalue weighted by Gasteiger charge is -2.23. The van der Waals surface area contributed by atoms with Crippen LogP contribution in [-0.2, 0) is 16.6 Å². The molecular weight excluding hydrogens is 267 g/mol. The zero-order chi connectivity index (χ0) is 14.0. The highest BCUT2D eigenvalue weighted by Gasteiger charge is 2.31. The van der Waals surface area contributed by atoms with Gasteiger partial charge in [-0.05, 0) is 30.5 Å². The molecule has 1 aliphatic rings. The second-order valence-corrected chi connectivity index (χ2v) is 6.89. The Morgan fingerprint density at radius 3 is 2.53 bits per heavy atom. The molecule has 4 nitrogen and oxygen atoms in total. The van der Waals surface area contributed by atoms with E-state index in [1.807, 2.05) is 0 Å². The summed E-state index contributed by atoms with van der Waals surface area (Å²) in [5, 5.41) is 0. The molecule has 19 heavy (non-hydrogen) atoms. The Labute approximate surface area is 113 Å². The lowest BCUT2D eigenvalue weighted by Crippen LogP contribution is -2.35. The molecule has 0 heterocycles. The van der Waals surface area contributed by atoms with Crippen LogP contribution in [0.25, 0.3) is 0 Å². The summed E-state index contributed by atoms with van der Waals surface area (Å²) >= 11 is 0. The topological polar surface area (TPSA) is 63.4 Å². The Balaban J connectivity index is 2.33. The Morgan fingerprint density at radius 2 is 2.00 bits per heavy atom. The minimum Gasteiger partial charge on any atom is -0.326 e. The maximum absolute atomic E-state index is 13.9. The fourth-order valence-corrected chi connectivity index (χ4v) is 3.96. The summed E-state index contributed by atoms with van der Waals surface area (Å²) in [5.74, 6) is -0.729. The van der Waals surface area contributed by atoms with E-state index in [4.69, 9.17) is 5.73 Å². The lowest BCUT2D eigenvalue weighted by atomic mass is 10.2. The van der Waals surface area contributed by atoms with E-state index in [9.17, 15) is 12.8 Å². The molecule has 2 N–H and O–H groups in total. The van der Waals surface area contributed by atoms with Crippen molar-refractivity contribution in [2.75, 3.05) is 7.05 Å². The third-order valence-electron chi connectivity index (χ3n) is 3.73. The van der Waals surface area contributed by atoms with Crippen LogP contribution in [0, 0.1) is 5.82 Å². The first-order valence-corrected chi connectivity index (χ1v) is 7.87. The van der Waals surface area contributed by atoms with E-state index in [1.165, 1.54) is 23.5 Å². The molecule has 0 spiro atoms. The monoisotopic (exact) mass is 286 g/mol.